The van der Waals surface area contributed by atoms with Crippen LogP contribution < -0.4 is 11.0 Å². The molecule has 2 heterocycles. The molecule has 1 aromatic carbocycles. The summed E-state index contributed by atoms with van der Waals surface area (Å²) in [6, 6.07) is 7.08. The van der Waals surface area contributed by atoms with Crippen LogP contribution in [0.3, 0.4) is 0 Å². The number of aromatic nitrogens is 2. The summed E-state index contributed by atoms with van der Waals surface area (Å²) in [5, 5.41) is 0.943. The molecule has 7 heteroatoms. The van der Waals surface area contributed by atoms with E-state index in [4.69, 9.17) is 0 Å². The second-order valence-corrected chi connectivity index (χ2v) is 5.56. The van der Waals surface area contributed by atoms with Gasteiger partial charge in [0.05, 0.1) is 15.8 Å². The molecule has 1 aromatic heterocycles. The van der Waals surface area contributed by atoms with Crippen LogP contribution in [0.15, 0.2) is 45.3 Å². The Kier molecular flexibility index (Phi) is 2.98. The van der Waals surface area contributed by atoms with Crippen molar-refractivity contribution < 1.29 is 4.79 Å². The van der Waals surface area contributed by atoms with Crippen molar-refractivity contribution in [2.24, 2.45) is 0 Å². The summed E-state index contributed by atoms with van der Waals surface area (Å²) in [6.45, 7) is 0. The van der Waals surface area contributed by atoms with Gasteiger partial charge in [-0.25, -0.2) is 4.98 Å². The average molecular weight is 288 g/mol. The predicted octanol–water partition coefficient (Wildman–Crippen LogP) is 0.975. The van der Waals surface area contributed by atoms with Gasteiger partial charge in [-0.05, 0) is 23.9 Å². The molecule has 2 aromatic rings. The summed E-state index contributed by atoms with van der Waals surface area (Å²) >= 11 is 1.18. The van der Waals surface area contributed by atoms with Crippen LogP contribution >= 0.6 is 11.8 Å². The first-order valence-corrected chi connectivity index (χ1v) is 6.77. The van der Waals surface area contributed by atoms with Gasteiger partial charge in [0.2, 0.25) is 0 Å². The highest BCUT2D eigenvalue weighted by Gasteiger charge is 2.24. The number of nitrogens with zero attached hydrogens (tertiary/aromatic N) is 3. The van der Waals surface area contributed by atoms with Crippen molar-refractivity contribution in [3.8, 4) is 0 Å². The normalized spacial score (nSPS) is 16.1. The van der Waals surface area contributed by atoms with Crippen LogP contribution in [0.25, 0.3) is 10.9 Å². The summed E-state index contributed by atoms with van der Waals surface area (Å²) in [5.41, 5.74) is 2.92. The molecule has 0 atom stereocenters. The van der Waals surface area contributed by atoms with Crippen molar-refractivity contribution in [3.63, 3.8) is 0 Å². The summed E-state index contributed by atoms with van der Waals surface area (Å²) in [4.78, 5) is 31.0. The topological polar surface area (TPSA) is 67.2 Å². The Hall–Kier alpha value is -2.28. The molecule has 3 rings (SSSR count). The second-order valence-electron chi connectivity index (χ2n) is 4.55. The highest BCUT2D eigenvalue weighted by Crippen LogP contribution is 2.28. The standard InChI is InChI=1S/C13H12N4O2S/c1-16(2)7-10-11(18)15-17-12(19)8-5-3-4-6-9(8)14-13(17)20-10/h3-7H,1-2H3,(H,15,18)/b10-7+. The predicted molar refractivity (Wildman–Crippen MR) is 78.0 cm³/mol. The molecule has 1 aliphatic heterocycles. The summed E-state index contributed by atoms with van der Waals surface area (Å²) in [5.74, 6) is -0.310. The first-order chi connectivity index (χ1) is 9.56. The number of amides is 1. The molecular formula is C13H12N4O2S. The van der Waals surface area contributed by atoms with Crippen LogP contribution in [0, 0.1) is 0 Å². The Balaban J connectivity index is 2.20. The molecule has 0 radical (unpaired) electrons. The number of carbonyl (C=O) groups excluding carboxylic acids is 1. The number of benzene rings is 1. The molecule has 0 spiro atoms. The molecule has 0 unspecified atom stereocenters. The lowest BCUT2D eigenvalue weighted by Gasteiger charge is -2.20. The van der Waals surface area contributed by atoms with E-state index in [9.17, 15) is 9.59 Å². The summed E-state index contributed by atoms with van der Waals surface area (Å²) in [6.07, 6.45) is 1.70. The van der Waals surface area contributed by atoms with Crippen LogP contribution in [-0.2, 0) is 4.79 Å². The fourth-order valence-corrected chi connectivity index (χ4v) is 2.86. The van der Waals surface area contributed by atoms with Gasteiger partial charge in [-0.2, -0.15) is 4.68 Å². The van der Waals surface area contributed by atoms with Gasteiger partial charge < -0.3 is 4.90 Å². The van der Waals surface area contributed by atoms with E-state index >= 15 is 0 Å². The van der Waals surface area contributed by atoms with Crippen molar-refractivity contribution in [3.05, 3.63) is 45.7 Å². The maximum absolute atomic E-state index is 12.3. The van der Waals surface area contributed by atoms with E-state index < -0.39 is 0 Å². The first-order valence-electron chi connectivity index (χ1n) is 5.95. The van der Waals surface area contributed by atoms with Crippen LogP contribution in [0.1, 0.15) is 0 Å². The highest BCUT2D eigenvalue weighted by molar-refractivity contribution is 8.04. The van der Waals surface area contributed by atoms with Gasteiger partial charge in [0.25, 0.3) is 11.5 Å². The van der Waals surface area contributed by atoms with Gasteiger partial charge in [0.1, 0.15) is 0 Å². The highest BCUT2D eigenvalue weighted by atomic mass is 32.2. The lowest BCUT2D eigenvalue weighted by molar-refractivity contribution is -0.113. The fraction of sp³-hybridized carbons (Fsp3) is 0.154. The van der Waals surface area contributed by atoms with Crippen LogP contribution in [-0.4, -0.2) is 34.6 Å². The Bertz CT molecular complexity index is 795. The molecule has 1 N–H and O–H groups in total. The van der Waals surface area contributed by atoms with E-state index in [1.165, 1.54) is 16.4 Å². The van der Waals surface area contributed by atoms with Gasteiger partial charge in [0, 0.05) is 20.3 Å². The van der Waals surface area contributed by atoms with E-state index in [0.717, 1.165) is 0 Å². The number of hydrogen-bond donors (Lipinski definition) is 1. The minimum Gasteiger partial charge on any atom is -0.382 e. The number of thioether (sulfide) groups is 1. The Labute approximate surface area is 119 Å². The Morgan fingerprint density at radius 3 is 2.80 bits per heavy atom. The third-order valence-corrected chi connectivity index (χ3v) is 3.73. The van der Waals surface area contributed by atoms with Crippen molar-refractivity contribution in [1.29, 1.82) is 0 Å². The zero-order valence-corrected chi connectivity index (χ0v) is 11.8. The van der Waals surface area contributed by atoms with E-state index in [-0.39, 0.29) is 11.5 Å². The Morgan fingerprint density at radius 1 is 1.30 bits per heavy atom. The third kappa shape index (κ3) is 2.05. The fourth-order valence-electron chi connectivity index (χ4n) is 1.90. The van der Waals surface area contributed by atoms with Crippen LogP contribution in [0.4, 0.5) is 0 Å². The molecule has 0 saturated heterocycles. The molecule has 0 saturated carbocycles. The maximum Gasteiger partial charge on any atom is 0.281 e. The number of nitrogens with one attached hydrogen (secondary N) is 1. The largest absolute Gasteiger partial charge is 0.382 e. The molecule has 0 aliphatic carbocycles. The quantitative estimate of drug-likeness (QED) is 0.626. The van der Waals surface area contributed by atoms with Crippen LogP contribution in [0.2, 0.25) is 0 Å². The Morgan fingerprint density at radius 2 is 2.05 bits per heavy atom. The monoisotopic (exact) mass is 288 g/mol. The zero-order valence-electron chi connectivity index (χ0n) is 11.0. The van der Waals surface area contributed by atoms with E-state index in [0.29, 0.717) is 21.0 Å². The number of fused-ring (bicyclic) bond motifs is 2. The van der Waals surface area contributed by atoms with E-state index in [1.807, 2.05) is 20.2 Å². The summed E-state index contributed by atoms with van der Waals surface area (Å²) < 4.78 is 1.20. The van der Waals surface area contributed by atoms with Crippen molar-refractivity contribution >= 4 is 28.6 Å². The maximum atomic E-state index is 12.3. The van der Waals surface area contributed by atoms with E-state index in [1.54, 1.807) is 29.3 Å². The minimum absolute atomic E-state index is 0.268. The number of rotatable bonds is 1. The molecule has 0 bridgehead atoms. The third-order valence-electron chi connectivity index (χ3n) is 2.76. The first kappa shape index (κ1) is 12.7. The van der Waals surface area contributed by atoms with Crippen molar-refractivity contribution in [2.45, 2.75) is 5.16 Å². The molecule has 1 amide bonds. The number of carbonyl (C=O) groups is 1. The summed E-state index contributed by atoms with van der Waals surface area (Å²) in [7, 11) is 3.66. The molecule has 0 fully saturated rings. The average Bonchev–Trinajstić information content (AvgIpc) is 2.41. The number of para-hydroxylation sites is 1. The second kappa shape index (κ2) is 4.68. The SMILES string of the molecule is CN(C)/C=C1/Sc2nc3ccccc3c(=O)n2NC1=O. The molecule has 20 heavy (non-hydrogen) atoms. The lowest BCUT2D eigenvalue weighted by atomic mass is 10.2. The van der Waals surface area contributed by atoms with Gasteiger partial charge in [-0.3, -0.25) is 15.0 Å². The van der Waals surface area contributed by atoms with Gasteiger partial charge in [-0.15, -0.1) is 0 Å². The molecular weight excluding hydrogens is 276 g/mol. The number of hydrogen-bond acceptors (Lipinski definition) is 5. The minimum atomic E-state index is -0.310. The molecule has 6 nitrogen and oxygen atoms in total. The van der Waals surface area contributed by atoms with Crippen molar-refractivity contribution in [1.82, 2.24) is 14.6 Å². The molecule has 102 valence electrons. The molecule has 1 aliphatic rings. The lowest BCUT2D eigenvalue weighted by Crippen LogP contribution is -2.38. The van der Waals surface area contributed by atoms with Gasteiger partial charge in [-0.1, -0.05) is 12.1 Å². The van der Waals surface area contributed by atoms with Gasteiger partial charge >= 0.3 is 0 Å². The zero-order chi connectivity index (χ0) is 14.3. The smallest absolute Gasteiger partial charge is 0.281 e. The van der Waals surface area contributed by atoms with Crippen molar-refractivity contribution in [2.75, 3.05) is 19.5 Å². The van der Waals surface area contributed by atoms with E-state index in [2.05, 4.69) is 10.4 Å². The van der Waals surface area contributed by atoms with Crippen LogP contribution in [0.5, 0.6) is 0 Å². The van der Waals surface area contributed by atoms with Gasteiger partial charge in [0.15, 0.2) is 5.16 Å².